The minimum atomic E-state index is -0.393. The lowest BCUT2D eigenvalue weighted by molar-refractivity contribution is 0.0950. The van der Waals surface area contributed by atoms with Gasteiger partial charge in [0.1, 0.15) is 23.8 Å². The number of ether oxygens (including phenoxy) is 2. The van der Waals surface area contributed by atoms with Crippen molar-refractivity contribution in [2.75, 3.05) is 6.61 Å². The van der Waals surface area contributed by atoms with Crippen molar-refractivity contribution in [1.29, 1.82) is 0 Å². The third-order valence-corrected chi connectivity index (χ3v) is 4.79. The fraction of sp³-hybridized carbons (Fsp3) is 0.115. The SMILES string of the molecule is CCOc1ccccc1/C=N\NC(=O)c1cc(-c2cccc(OCc3ccccc3)c2)n[nH]1. The highest BCUT2D eigenvalue weighted by atomic mass is 16.5. The number of rotatable bonds is 9. The van der Waals surface area contributed by atoms with Gasteiger partial charge in [0.05, 0.1) is 18.5 Å². The lowest BCUT2D eigenvalue weighted by atomic mass is 10.1. The first-order valence-corrected chi connectivity index (χ1v) is 10.6. The van der Waals surface area contributed by atoms with Gasteiger partial charge in [0.2, 0.25) is 0 Å². The quantitative estimate of drug-likeness (QED) is 0.289. The second-order valence-electron chi connectivity index (χ2n) is 7.14. The Kier molecular flexibility index (Phi) is 7.12. The molecule has 0 atom stereocenters. The van der Waals surface area contributed by atoms with Gasteiger partial charge < -0.3 is 9.47 Å². The van der Waals surface area contributed by atoms with Gasteiger partial charge in [0, 0.05) is 11.1 Å². The monoisotopic (exact) mass is 440 g/mol. The molecule has 7 heteroatoms. The normalized spacial score (nSPS) is 10.8. The zero-order valence-corrected chi connectivity index (χ0v) is 18.2. The van der Waals surface area contributed by atoms with Crippen LogP contribution in [0.3, 0.4) is 0 Å². The highest BCUT2D eigenvalue weighted by Gasteiger charge is 2.11. The van der Waals surface area contributed by atoms with E-state index in [1.807, 2.05) is 85.8 Å². The fourth-order valence-corrected chi connectivity index (χ4v) is 3.17. The van der Waals surface area contributed by atoms with Crippen molar-refractivity contribution in [2.45, 2.75) is 13.5 Å². The fourth-order valence-electron chi connectivity index (χ4n) is 3.17. The predicted molar refractivity (Wildman–Crippen MR) is 127 cm³/mol. The Balaban J connectivity index is 1.39. The van der Waals surface area contributed by atoms with E-state index in [1.165, 1.54) is 0 Å². The largest absolute Gasteiger partial charge is 0.493 e. The molecule has 2 N–H and O–H groups in total. The van der Waals surface area contributed by atoms with E-state index in [4.69, 9.17) is 9.47 Å². The second-order valence-corrected chi connectivity index (χ2v) is 7.14. The summed E-state index contributed by atoms with van der Waals surface area (Å²) in [5, 5.41) is 11.1. The third-order valence-electron chi connectivity index (χ3n) is 4.79. The van der Waals surface area contributed by atoms with Crippen LogP contribution < -0.4 is 14.9 Å². The van der Waals surface area contributed by atoms with Gasteiger partial charge in [-0.05, 0) is 42.8 Å². The Morgan fingerprint density at radius 2 is 1.82 bits per heavy atom. The number of nitrogens with one attached hydrogen (secondary N) is 2. The summed E-state index contributed by atoms with van der Waals surface area (Å²) in [4.78, 5) is 12.5. The maximum Gasteiger partial charge on any atom is 0.289 e. The van der Waals surface area contributed by atoms with Gasteiger partial charge in [-0.3, -0.25) is 9.89 Å². The summed E-state index contributed by atoms with van der Waals surface area (Å²) in [5.74, 6) is 1.04. The first-order valence-electron chi connectivity index (χ1n) is 10.6. The number of para-hydroxylation sites is 1. The first-order chi connectivity index (χ1) is 16.2. The standard InChI is InChI=1S/C26H24N4O3/c1-2-32-25-14-7-6-11-21(25)17-27-30-26(31)24-16-23(28-29-24)20-12-8-13-22(15-20)33-18-19-9-4-3-5-10-19/h3-17H,2,18H2,1H3,(H,28,29)(H,30,31)/b27-17-. The maximum absolute atomic E-state index is 12.5. The molecule has 0 unspecified atom stereocenters. The average molecular weight is 441 g/mol. The Morgan fingerprint density at radius 3 is 2.67 bits per heavy atom. The number of nitrogens with zero attached hydrogens (tertiary/aromatic N) is 2. The van der Waals surface area contributed by atoms with Crippen molar-refractivity contribution in [3.8, 4) is 22.8 Å². The van der Waals surface area contributed by atoms with E-state index in [0.29, 0.717) is 30.4 Å². The van der Waals surface area contributed by atoms with Gasteiger partial charge in [-0.1, -0.05) is 54.6 Å². The number of hydrogen-bond donors (Lipinski definition) is 2. The van der Waals surface area contributed by atoms with Gasteiger partial charge >= 0.3 is 0 Å². The second kappa shape index (κ2) is 10.8. The molecule has 0 aliphatic heterocycles. The summed E-state index contributed by atoms with van der Waals surface area (Å²) in [6, 6.07) is 26.7. The molecule has 0 saturated carbocycles. The number of hydrogen-bond acceptors (Lipinski definition) is 5. The molecule has 0 spiro atoms. The predicted octanol–water partition coefficient (Wildman–Crippen LogP) is 4.82. The highest BCUT2D eigenvalue weighted by Crippen LogP contribution is 2.23. The summed E-state index contributed by atoms with van der Waals surface area (Å²) >= 11 is 0. The summed E-state index contributed by atoms with van der Waals surface area (Å²) in [7, 11) is 0. The van der Waals surface area contributed by atoms with Crippen LogP contribution >= 0.6 is 0 Å². The molecule has 1 heterocycles. The Labute approximate surface area is 192 Å². The topological polar surface area (TPSA) is 88.6 Å². The molecule has 0 fully saturated rings. The summed E-state index contributed by atoms with van der Waals surface area (Å²) < 4.78 is 11.4. The van der Waals surface area contributed by atoms with Crippen LogP contribution in [0.2, 0.25) is 0 Å². The molecule has 4 rings (SSSR count). The van der Waals surface area contributed by atoms with Crippen molar-refractivity contribution in [1.82, 2.24) is 15.6 Å². The van der Waals surface area contributed by atoms with Crippen LogP contribution in [0.15, 0.2) is 90.0 Å². The van der Waals surface area contributed by atoms with Crippen LogP contribution in [0.1, 0.15) is 28.5 Å². The molecule has 0 saturated heterocycles. The molecule has 166 valence electrons. The number of carbonyl (C=O) groups excluding carboxylic acids is 1. The van der Waals surface area contributed by atoms with Crippen molar-refractivity contribution < 1.29 is 14.3 Å². The first kappa shape index (κ1) is 21.8. The molecule has 3 aromatic carbocycles. The number of amides is 1. The van der Waals surface area contributed by atoms with Crippen LogP contribution in [-0.4, -0.2) is 28.9 Å². The van der Waals surface area contributed by atoms with E-state index in [2.05, 4.69) is 20.7 Å². The van der Waals surface area contributed by atoms with Crippen LogP contribution in [0.25, 0.3) is 11.3 Å². The molecular weight excluding hydrogens is 416 g/mol. The smallest absolute Gasteiger partial charge is 0.289 e. The van der Waals surface area contributed by atoms with Crippen molar-refractivity contribution in [3.63, 3.8) is 0 Å². The molecule has 0 radical (unpaired) electrons. The number of hydrazone groups is 1. The van der Waals surface area contributed by atoms with E-state index < -0.39 is 5.91 Å². The summed E-state index contributed by atoms with van der Waals surface area (Å²) in [5.41, 5.74) is 6.15. The van der Waals surface area contributed by atoms with E-state index >= 15 is 0 Å². The lowest BCUT2D eigenvalue weighted by Crippen LogP contribution is -2.18. The molecule has 1 amide bonds. The van der Waals surface area contributed by atoms with Crippen molar-refractivity contribution in [3.05, 3.63) is 102 Å². The molecule has 0 bridgehead atoms. The van der Waals surface area contributed by atoms with E-state index in [9.17, 15) is 4.79 Å². The zero-order valence-electron chi connectivity index (χ0n) is 18.2. The maximum atomic E-state index is 12.5. The molecule has 1 aromatic heterocycles. The average Bonchev–Trinajstić information content (AvgIpc) is 3.35. The molecule has 0 aliphatic carbocycles. The van der Waals surface area contributed by atoms with Gasteiger partial charge in [0.15, 0.2) is 0 Å². The van der Waals surface area contributed by atoms with Crippen LogP contribution in [0.5, 0.6) is 11.5 Å². The third kappa shape index (κ3) is 5.86. The van der Waals surface area contributed by atoms with Crippen molar-refractivity contribution >= 4 is 12.1 Å². The molecular formula is C26H24N4O3. The summed E-state index contributed by atoms with van der Waals surface area (Å²) in [6.07, 6.45) is 1.55. The molecule has 33 heavy (non-hydrogen) atoms. The zero-order chi connectivity index (χ0) is 22.9. The van der Waals surface area contributed by atoms with E-state index in [0.717, 1.165) is 22.4 Å². The van der Waals surface area contributed by atoms with Crippen LogP contribution in [-0.2, 0) is 6.61 Å². The Morgan fingerprint density at radius 1 is 1.00 bits per heavy atom. The minimum absolute atomic E-state index is 0.302. The molecule has 0 aliphatic rings. The van der Waals surface area contributed by atoms with Gasteiger partial charge in [-0.25, -0.2) is 5.43 Å². The molecule has 4 aromatic rings. The van der Waals surface area contributed by atoms with E-state index in [-0.39, 0.29) is 0 Å². The van der Waals surface area contributed by atoms with Crippen molar-refractivity contribution in [2.24, 2.45) is 5.10 Å². The van der Waals surface area contributed by atoms with Gasteiger partial charge in [-0.2, -0.15) is 10.2 Å². The minimum Gasteiger partial charge on any atom is -0.493 e. The lowest BCUT2D eigenvalue weighted by Gasteiger charge is -2.07. The highest BCUT2D eigenvalue weighted by molar-refractivity contribution is 5.94. The molecule has 7 nitrogen and oxygen atoms in total. The Hall–Kier alpha value is -4.39. The van der Waals surface area contributed by atoms with Gasteiger partial charge in [0.25, 0.3) is 5.91 Å². The number of benzene rings is 3. The number of aromatic nitrogens is 2. The Bertz CT molecular complexity index is 1240. The van der Waals surface area contributed by atoms with Gasteiger partial charge in [-0.15, -0.1) is 0 Å². The number of aromatic amines is 1. The van der Waals surface area contributed by atoms with E-state index in [1.54, 1.807) is 12.3 Å². The van der Waals surface area contributed by atoms with Crippen LogP contribution in [0, 0.1) is 0 Å². The summed E-state index contributed by atoms with van der Waals surface area (Å²) in [6.45, 7) is 2.94. The van der Waals surface area contributed by atoms with Crippen LogP contribution in [0.4, 0.5) is 0 Å². The number of H-pyrrole nitrogens is 1. The number of carbonyl (C=O) groups is 1.